The minimum atomic E-state index is -0.110. The van der Waals surface area contributed by atoms with E-state index in [1.807, 2.05) is 6.07 Å². The largest absolute Gasteiger partial charge is 0.456 e. The van der Waals surface area contributed by atoms with Gasteiger partial charge in [-0.25, -0.2) is 0 Å². The second-order valence-electron chi connectivity index (χ2n) is 4.20. The summed E-state index contributed by atoms with van der Waals surface area (Å²) in [6.07, 6.45) is 0. The lowest BCUT2D eigenvalue weighted by molar-refractivity contribution is 0.102. The first-order valence-corrected chi connectivity index (χ1v) is 6.87. The Bertz CT molecular complexity index is 849. The molecule has 0 fully saturated rings. The van der Waals surface area contributed by atoms with Gasteiger partial charge >= 0.3 is 0 Å². The van der Waals surface area contributed by atoms with Crippen molar-refractivity contribution in [3.63, 3.8) is 0 Å². The van der Waals surface area contributed by atoms with E-state index in [1.54, 1.807) is 36.4 Å². The van der Waals surface area contributed by atoms with Crippen molar-refractivity contribution >= 4 is 43.7 Å². The highest BCUT2D eigenvalue weighted by Crippen LogP contribution is 2.19. The number of ketones is 1. The highest BCUT2D eigenvalue weighted by molar-refractivity contribution is 9.09. The van der Waals surface area contributed by atoms with Gasteiger partial charge < -0.3 is 4.42 Å². The number of hydrogen-bond donors (Lipinski definition) is 0. The zero-order chi connectivity index (χ0) is 13.4. The number of para-hydroxylation sites is 1. The molecule has 2 aromatic carbocycles. The third-order valence-corrected chi connectivity index (χ3v) is 3.53. The van der Waals surface area contributed by atoms with Gasteiger partial charge in [0, 0.05) is 5.56 Å². The molecule has 0 radical (unpaired) electrons. The van der Waals surface area contributed by atoms with Gasteiger partial charge in [-0.2, -0.15) is 0 Å². The lowest BCUT2D eigenvalue weighted by Crippen LogP contribution is -2.05. The Morgan fingerprint density at radius 1 is 1.05 bits per heavy atom. The van der Waals surface area contributed by atoms with Crippen LogP contribution < -0.4 is 5.43 Å². The molecular formula is C15H9BrO3. The molecule has 3 aromatic rings. The Morgan fingerprint density at radius 3 is 2.58 bits per heavy atom. The van der Waals surface area contributed by atoms with Crippen molar-refractivity contribution in [1.82, 2.24) is 0 Å². The smallest absolute Gasteiger partial charge is 0.200 e. The first kappa shape index (κ1) is 12.1. The van der Waals surface area contributed by atoms with Crippen LogP contribution in [0.2, 0.25) is 0 Å². The van der Waals surface area contributed by atoms with E-state index in [2.05, 4.69) is 15.9 Å². The van der Waals surface area contributed by atoms with Gasteiger partial charge in [0.1, 0.15) is 11.2 Å². The lowest BCUT2D eigenvalue weighted by Gasteiger charge is -2.03. The SMILES string of the molecule is O=C(CBr)c1ccc2oc3ccccc3c(=O)c2c1. The van der Waals surface area contributed by atoms with Gasteiger partial charge in [-0.15, -0.1) is 0 Å². The Labute approximate surface area is 117 Å². The van der Waals surface area contributed by atoms with Gasteiger partial charge in [-0.1, -0.05) is 28.1 Å². The number of benzene rings is 2. The van der Waals surface area contributed by atoms with E-state index in [1.165, 1.54) is 0 Å². The van der Waals surface area contributed by atoms with Crippen LogP contribution in [0.1, 0.15) is 10.4 Å². The van der Waals surface area contributed by atoms with Crippen molar-refractivity contribution in [2.24, 2.45) is 0 Å². The third kappa shape index (κ3) is 1.98. The zero-order valence-corrected chi connectivity index (χ0v) is 11.4. The summed E-state index contributed by atoms with van der Waals surface area (Å²) in [7, 11) is 0. The zero-order valence-electron chi connectivity index (χ0n) is 9.85. The summed E-state index contributed by atoms with van der Waals surface area (Å²) < 4.78 is 5.67. The molecule has 3 rings (SSSR count). The lowest BCUT2D eigenvalue weighted by atomic mass is 10.1. The van der Waals surface area contributed by atoms with Crippen LogP contribution in [0, 0.1) is 0 Å². The van der Waals surface area contributed by atoms with Crippen molar-refractivity contribution in [1.29, 1.82) is 0 Å². The molecule has 0 amide bonds. The summed E-state index contributed by atoms with van der Waals surface area (Å²) in [6.45, 7) is 0. The molecule has 0 aliphatic rings. The molecule has 0 aliphatic carbocycles. The number of carbonyl (C=O) groups excluding carboxylic acids is 1. The fraction of sp³-hybridized carbons (Fsp3) is 0.0667. The monoisotopic (exact) mass is 316 g/mol. The van der Waals surface area contributed by atoms with Gasteiger partial charge in [0.2, 0.25) is 5.43 Å². The number of hydrogen-bond acceptors (Lipinski definition) is 3. The summed E-state index contributed by atoms with van der Waals surface area (Å²) in [6, 6.07) is 12.0. The summed E-state index contributed by atoms with van der Waals surface area (Å²) >= 11 is 3.12. The molecule has 4 heteroatoms. The summed E-state index contributed by atoms with van der Waals surface area (Å²) in [4.78, 5) is 24.0. The minimum absolute atomic E-state index is 0.0607. The van der Waals surface area contributed by atoms with Crippen LogP contribution in [0.5, 0.6) is 0 Å². The molecule has 1 heterocycles. The number of fused-ring (bicyclic) bond motifs is 2. The fourth-order valence-corrected chi connectivity index (χ4v) is 2.38. The predicted molar refractivity (Wildman–Crippen MR) is 78.1 cm³/mol. The molecule has 0 aliphatic heterocycles. The molecule has 0 spiro atoms. The van der Waals surface area contributed by atoms with E-state index < -0.39 is 0 Å². The van der Waals surface area contributed by atoms with E-state index >= 15 is 0 Å². The van der Waals surface area contributed by atoms with Crippen LogP contribution in [-0.2, 0) is 0 Å². The first-order valence-electron chi connectivity index (χ1n) is 5.75. The van der Waals surface area contributed by atoms with E-state index in [0.717, 1.165) is 0 Å². The first-order chi connectivity index (χ1) is 9.20. The molecule has 19 heavy (non-hydrogen) atoms. The molecule has 0 bridgehead atoms. The molecular weight excluding hydrogens is 308 g/mol. The second-order valence-corrected chi connectivity index (χ2v) is 4.76. The van der Waals surface area contributed by atoms with Crippen molar-refractivity contribution in [3.05, 3.63) is 58.3 Å². The standard InChI is InChI=1S/C15H9BrO3/c16-8-12(17)9-5-6-14-11(7-9)15(18)10-3-1-2-4-13(10)19-14/h1-7H,8H2. The van der Waals surface area contributed by atoms with Crippen LogP contribution in [0.15, 0.2) is 51.7 Å². The molecule has 0 N–H and O–H groups in total. The Kier molecular flexibility index (Phi) is 2.95. The van der Waals surface area contributed by atoms with Crippen LogP contribution >= 0.6 is 15.9 Å². The summed E-state index contributed by atoms with van der Waals surface area (Å²) in [5, 5.41) is 1.20. The van der Waals surface area contributed by atoms with Crippen molar-refractivity contribution in [2.75, 3.05) is 5.33 Å². The number of alkyl halides is 1. The average Bonchev–Trinajstić information content (AvgIpc) is 2.46. The van der Waals surface area contributed by atoms with E-state index in [4.69, 9.17) is 4.42 Å². The molecule has 0 atom stereocenters. The Balaban J connectivity index is 2.40. The quantitative estimate of drug-likeness (QED) is 0.413. The van der Waals surface area contributed by atoms with E-state index in [0.29, 0.717) is 27.5 Å². The number of rotatable bonds is 2. The third-order valence-electron chi connectivity index (χ3n) is 3.02. The fourth-order valence-electron chi connectivity index (χ4n) is 2.05. The molecule has 0 saturated carbocycles. The Hall–Kier alpha value is -1.94. The van der Waals surface area contributed by atoms with Gasteiger partial charge in [0.05, 0.1) is 16.1 Å². The summed E-state index contributed by atoms with van der Waals surface area (Å²) in [5.74, 6) is -0.0607. The normalized spacial score (nSPS) is 11.0. The molecule has 1 aromatic heterocycles. The second kappa shape index (κ2) is 4.63. The highest BCUT2D eigenvalue weighted by atomic mass is 79.9. The van der Waals surface area contributed by atoms with Crippen LogP contribution in [-0.4, -0.2) is 11.1 Å². The maximum atomic E-state index is 12.4. The summed E-state index contributed by atoms with van der Waals surface area (Å²) in [5.41, 5.74) is 1.45. The maximum absolute atomic E-state index is 12.4. The number of Topliss-reactive ketones (excluding diaryl/α,β-unsaturated/α-hetero) is 1. The van der Waals surface area contributed by atoms with E-state index in [-0.39, 0.29) is 16.5 Å². The van der Waals surface area contributed by atoms with Crippen molar-refractivity contribution in [2.45, 2.75) is 0 Å². The molecule has 94 valence electrons. The number of halogens is 1. The topological polar surface area (TPSA) is 47.3 Å². The van der Waals surface area contributed by atoms with Crippen LogP contribution in [0.3, 0.4) is 0 Å². The average molecular weight is 317 g/mol. The molecule has 3 nitrogen and oxygen atoms in total. The van der Waals surface area contributed by atoms with Gasteiger partial charge in [0.15, 0.2) is 5.78 Å². The van der Waals surface area contributed by atoms with Crippen molar-refractivity contribution < 1.29 is 9.21 Å². The van der Waals surface area contributed by atoms with Crippen LogP contribution in [0.25, 0.3) is 21.9 Å². The van der Waals surface area contributed by atoms with Crippen molar-refractivity contribution in [3.8, 4) is 0 Å². The maximum Gasteiger partial charge on any atom is 0.200 e. The van der Waals surface area contributed by atoms with Crippen LogP contribution in [0.4, 0.5) is 0 Å². The molecule has 0 unspecified atom stereocenters. The number of carbonyl (C=O) groups is 1. The minimum Gasteiger partial charge on any atom is -0.456 e. The van der Waals surface area contributed by atoms with Gasteiger partial charge in [-0.3, -0.25) is 9.59 Å². The van der Waals surface area contributed by atoms with E-state index in [9.17, 15) is 9.59 Å². The molecule has 0 saturated heterocycles. The predicted octanol–water partition coefficient (Wildman–Crippen LogP) is 3.52. The Morgan fingerprint density at radius 2 is 1.79 bits per heavy atom. The van der Waals surface area contributed by atoms with Gasteiger partial charge in [0.25, 0.3) is 0 Å². The van der Waals surface area contributed by atoms with Gasteiger partial charge in [-0.05, 0) is 30.3 Å². The highest BCUT2D eigenvalue weighted by Gasteiger charge is 2.10.